The number of urea groups is 1. The van der Waals surface area contributed by atoms with Crippen molar-refractivity contribution in [2.45, 2.75) is 45.8 Å². The van der Waals surface area contributed by atoms with Crippen molar-refractivity contribution in [2.75, 3.05) is 18.4 Å². The third kappa shape index (κ3) is 6.06. The summed E-state index contributed by atoms with van der Waals surface area (Å²) < 4.78 is 20.9. The number of pyridine rings is 1. The first-order chi connectivity index (χ1) is 19.9. The van der Waals surface area contributed by atoms with E-state index in [1.165, 1.54) is 28.8 Å². The van der Waals surface area contributed by atoms with Crippen LogP contribution in [0.3, 0.4) is 0 Å². The molecule has 1 saturated heterocycles. The van der Waals surface area contributed by atoms with Crippen LogP contribution in [0.1, 0.15) is 48.7 Å². The van der Waals surface area contributed by atoms with Gasteiger partial charge in [-0.2, -0.15) is 0 Å². The number of ether oxygens (including phenoxy) is 1. The average molecular weight is 591 g/mol. The lowest BCUT2D eigenvalue weighted by Gasteiger charge is -2.24. The number of nitrogens with one attached hydrogen (secondary N) is 2. The minimum Gasteiger partial charge on any atom is -0.444 e. The van der Waals surface area contributed by atoms with Crippen molar-refractivity contribution in [3.63, 3.8) is 0 Å². The quantitative estimate of drug-likeness (QED) is 0.283. The summed E-state index contributed by atoms with van der Waals surface area (Å²) in [4.78, 5) is 54.5. The molecule has 1 fully saturated rings. The van der Waals surface area contributed by atoms with Crippen LogP contribution in [0.2, 0.25) is 0 Å². The van der Waals surface area contributed by atoms with Gasteiger partial charge in [-0.05, 0) is 76.1 Å². The van der Waals surface area contributed by atoms with Crippen LogP contribution in [0, 0.1) is 12.7 Å². The summed E-state index contributed by atoms with van der Waals surface area (Å²) in [5.41, 5.74) is 0.435. The van der Waals surface area contributed by atoms with E-state index in [-0.39, 0.29) is 34.3 Å². The van der Waals surface area contributed by atoms with Crippen molar-refractivity contribution in [1.29, 1.82) is 0 Å². The van der Waals surface area contributed by atoms with Crippen LogP contribution < -0.4 is 16.2 Å². The van der Waals surface area contributed by atoms with Crippen LogP contribution in [-0.2, 0) is 4.74 Å². The summed E-state index contributed by atoms with van der Waals surface area (Å²) >= 11 is 1.10. The summed E-state index contributed by atoms with van der Waals surface area (Å²) in [6.07, 6.45) is 0.0888. The smallest absolute Gasteiger partial charge is 0.410 e. The van der Waals surface area contributed by atoms with Gasteiger partial charge in [-0.15, -0.1) is 0 Å². The lowest BCUT2D eigenvalue weighted by Crippen LogP contribution is -2.41. The van der Waals surface area contributed by atoms with E-state index < -0.39 is 29.3 Å². The highest BCUT2D eigenvalue weighted by molar-refractivity contribution is 7.23. The van der Waals surface area contributed by atoms with E-state index in [0.717, 1.165) is 11.3 Å². The molecule has 0 spiro atoms. The maximum atomic E-state index is 14.0. The number of aromatic nitrogens is 1. The lowest BCUT2D eigenvalue weighted by atomic mass is 10.0. The van der Waals surface area contributed by atoms with Crippen LogP contribution in [0.4, 0.5) is 19.0 Å². The summed E-state index contributed by atoms with van der Waals surface area (Å²) in [6, 6.07) is 15.1. The topological polar surface area (TPSA) is 110 Å². The van der Waals surface area contributed by atoms with Crippen LogP contribution in [0.5, 0.6) is 0 Å². The van der Waals surface area contributed by atoms with E-state index in [1.807, 2.05) is 6.07 Å². The Balaban J connectivity index is 1.48. The number of thiophene rings is 1. The van der Waals surface area contributed by atoms with Crippen molar-refractivity contribution >= 4 is 44.5 Å². The fraction of sp³-hybridized carbons (Fsp3) is 0.290. The molecule has 1 aliphatic heterocycles. The number of halogens is 1. The van der Waals surface area contributed by atoms with Gasteiger partial charge in [0.25, 0.3) is 5.56 Å². The van der Waals surface area contributed by atoms with Crippen molar-refractivity contribution in [1.82, 2.24) is 14.8 Å². The molecule has 218 valence electrons. The summed E-state index contributed by atoms with van der Waals surface area (Å²) in [5, 5.41) is 6.40. The first kappa shape index (κ1) is 29.0. The zero-order valence-corrected chi connectivity index (χ0v) is 24.5. The van der Waals surface area contributed by atoms with Gasteiger partial charge in [0, 0.05) is 36.1 Å². The summed E-state index contributed by atoms with van der Waals surface area (Å²) in [6.45, 7) is 7.65. The molecule has 42 heavy (non-hydrogen) atoms. The number of carbonyl (C=O) groups excluding carboxylic acids is 3. The van der Waals surface area contributed by atoms with Crippen LogP contribution >= 0.6 is 11.3 Å². The van der Waals surface area contributed by atoms with E-state index in [9.17, 15) is 23.6 Å². The standard InChI is InChI=1S/C31H31FN4O5S/c1-18-16-19(10-12-23(18)32)26(38)25-22-11-13-24(37)36(21-8-6-5-7-9-21)28(22)42-27(25)34-29(39)33-20-14-15-35(17-20)30(40)41-31(2,3)4/h5-13,16,20H,14-15,17H2,1-4H3,(H2,33,34,39)/t20-/m1/s1. The van der Waals surface area contributed by atoms with Crippen LogP contribution in [0.25, 0.3) is 15.9 Å². The minimum atomic E-state index is -0.631. The zero-order chi connectivity index (χ0) is 30.2. The summed E-state index contributed by atoms with van der Waals surface area (Å²) in [5.74, 6) is -0.857. The number of amides is 3. The number of hydrogen-bond acceptors (Lipinski definition) is 6. The molecule has 1 aliphatic rings. The molecule has 4 aromatic rings. The fourth-order valence-corrected chi connectivity index (χ4v) is 6.05. The Kier molecular flexibility index (Phi) is 7.87. The number of nitrogens with zero attached hydrogens (tertiary/aromatic N) is 2. The van der Waals surface area contributed by atoms with E-state index >= 15 is 0 Å². The Labute approximate surface area is 245 Å². The molecule has 2 aromatic heterocycles. The molecular weight excluding hydrogens is 559 g/mol. The molecule has 0 saturated carbocycles. The predicted molar refractivity (Wildman–Crippen MR) is 160 cm³/mol. The van der Waals surface area contributed by atoms with Gasteiger partial charge in [-0.3, -0.25) is 19.5 Å². The number of para-hydroxylation sites is 1. The Bertz CT molecular complexity index is 1740. The molecule has 2 aromatic carbocycles. The van der Waals surface area contributed by atoms with Crippen molar-refractivity contribution in [3.05, 3.63) is 93.5 Å². The molecule has 2 N–H and O–H groups in total. The summed E-state index contributed by atoms with van der Waals surface area (Å²) in [7, 11) is 0. The maximum absolute atomic E-state index is 14.0. The van der Waals surface area contributed by atoms with Crippen molar-refractivity contribution in [2.24, 2.45) is 0 Å². The number of ketones is 1. The number of likely N-dealkylation sites (tertiary alicyclic amines) is 1. The van der Waals surface area contributed by atoms with Crippen LogP contribution in [0.15, 0.2) is 65.5 Å². The minimum absolute atomic E-state index is 0.197. The third-order valence-electron chi connectivity index (χ3n) is 6.81. The van der Waals surface area contributed by atoms with Gasteiger partial charge in [0.2, 0.25) is 0 Å². The predicted octanol–water partition coefficient (Wildman–Crippen LogP) is 5.86. The second-order valence-corrected chi connectivity index (χ2v) is 12.2. The number of carbonyl (C=O) groups is 3. The number of fused-ring (bicyclic) bond motifs is 1. The van der Waals surface area contributed by atoms with Crippen molar-refractivity contribution < 1.29 is 23.5 Å². The molecule has 0 bridgehead atoms. The van der Waals surface area contributed by atoms with Gasteiger partial charge < -0.3 is 15.0 Å². The van der Waals surface area contributed by atoms with Gasteiger partial charge in [-0.25, -0.2) is 14.0 Å². The van der Waals surface area contributed by atoms with Gasteiger partial charge in [0.1, 0.15) is 21.2 Å². The second kappa shape index (κ2) is 11.4. The number of benzene rings is 2. The maximum Gasteiger partial charge on any atom is 0.410 e. The van der Waals surface area contributed by atoms with Crippen LogP contribution in [-0.4, -0.2) is 52.1 Å². The molecule has 0 radical (unpaired) electrons. The highest BCUT2D eigenvalue weighted by Crippen LogP contribution is 2.37. The molecule has 0 aliphatic carbocycles. The number of rotatable bonds is 5. The van der Waals surface area contributed by atoms with Gasteiger partial charge in [0.05, 0.1) is 11.3 Å². The van der Waals surface area contributed by atoms with E-state index in [4.69, 9.17) is 4.74 Å². The molecule has 0 unspecified atom stereocenters. The lowest BCUT2D eigenvalue weighted by molar-refractivity contribution is 0.0291. The van der Waals surface area contributed by atoms with Gasteiger partial charge >= 0.3 is 12.1 Å². The molecule has 5 rings (SSSR count). The molecular formula is C31H31FN4O5S. The zero-order valence-electron chi connectivity index (χ0n) is 23.7. The van der Waals surface area contributed by atoms with E-state index in [0.29, 0.717) is 34.4 Å². The number of hydrogen-bond donors (Lipinski definition) is 2. The number of anilines is 1. The molecule has 1 atom stereocenters. The van der Waals surface area contributed by atoms with E-state index in [2.05, 4.69) is 10.6 Å². The highest BCUT2D eigenvalue weighted by Gasteiger charge is 2.31. The SMILES string of the molecule is Cc1cc(C(=O)c2c(NC(=O)N[C@@H]3CCN(C(=O)OC(C)(C)C)C3)sc3c2ccc(=O)n3-c2ccccc2)ccc1F. The third-order valence-corrected chi connectivity index (χ3v) is 7.91. The highest BCUT2D eigenvalue weighted by atomic mass is 32.1. The van der Waals surface area contributed by atoms with Gasteiger partial charge in [-0.1, -0.05) is 29.5 Å². The monoisotopic (exact) mass is 590 g/mol. The first-order valence-electron chi connectivity index (χ1n) is 13.5. The van der Waals surface area contributed by atoms with Gasteiger partial charge in [0.15, 0.2) is 5.78 Å². The second-order valence-electron chi connectivity index (χ2n) is 11.2. The molecule has 11 heteroatoms. The molecule has 9 nitrogen and oxygen atoms in total. The Morgan fingerprint density at radius 3 is 2.48 bits per heavy atom. The molecule has 3 amide bonds. The number of aryl methyl sites for hydroxylation is 1. The normalized spacial score (nSPS) is 15.1. The van der Waals surface area contributed by atoms with Crippen molar-refractivity contribution in [3.8, 4) is 5.69 Å². The Hall–Kier alpha value is -4.51. The Morgan fingerprint density at radius 1 is 1.05 bits per heavy atom. The first-order valence-corrected chi connectivity index (χ1v) is 14.3. The fourth-order valence-electron chi connectivity index (χ4n) is 4.84. The largest absolute Gasteiger partial charge is 0.444 e. The average Bonchev–Trinajstić information content (AvgIpc) is 3.53. The van der Waals surface area contributed by atoms with E-state index in [1.54, 1.807) is 62.9 Å². The Morgan fingerprint density at radius 2 is 1.79 bits per heavy atom. The molecule has 3 heterocycles.